The highest BCUT2D eigenvalue weighted by Crippen LogP contribution is 2.31. The Hall–Kier alpha value is -2.58. The molecule has 1 fully saturated rings. The molecular formula is C21H25F3N4O. The van der Waals surface area contributed by atoms with E-state index >= 15 is 0 Å². The Morgan fingerprint density at radius 2 is 2.00 bits per heavy atom. The van der Waals surface area contributed by atoms with E-state index in [1.54, 1.807) is 11.0 Å². The smallest absolute Gasteiger partial charge is 0.256 e. The molecule has 1 aliphatic rings. The van der Waals surface area contributed by atoms with E-state index in [1.807, 2.05) is 6.92 Å². The number of halogens is 3. The summed E-state index contributed by atoms with van der Waals surface area (Å²) in [4.78, 5) is 14.6. The monoisotopic (exact) mass is 406 g/mol. The van der Waals surface area contributed by atoms with Crippen molar-refractivity contribution in [3.63, 3.8) is 0 Å². The molecule has 4 N–H and O–H groups in total. The topological polar surface area (TPSA) is 70.4 Å². The van der Waals surface area contributed by atoms with Crippen molar-refractivity contribution in [2.75, 3.05) is 31.5 Å². The minimum Gasteiger partial charge on any atom is -0.350 e. The predicted octanol–water partition coefficient (Wildman–Crippen LogP) is 3.17. The first-order chi connectivity index (χ1) is 14.0. The second kappa shape index (κ2) is 9.28. The Morgan fingerprint density at radius 1 is 1.21 bits per heavy atom. The van der Waals surface area contributed by atoms with Gasteiger partial charge < -0.3 is 21.3 Å². The third-order valence-corrected chi connectivity index (χ3v) is 5.13. The molecular weight excluding hydrogens is 381 g/mol. The van der Waals surface area contributed by atoms with Crippen LogP contribution in [0.2, 0.25) is 0 Å². The number of nitrogens with two attached hydrogens (primary N) is 1. The van der Waals surface area contributed by atoms with Gasteiger partial charge in [0.05, 0.1) is 16.9 Å². The van der Waals surface area contributed by atoms with Crippen LogP contribution in [0.3, 0.4) is 0 Å². The lowest BCUT2D eigenvalue weighted by atomic mass is 10.00. The first-order valence-corrected chi connectivity index (χ1v) is 9.71. The molecule has 29 heavy (non-hydrogen) atoms. The highest BCUT2D eigenvalue weighted by Gasteiger charge is 2.34. The molecule has 1 aliphatic heterocycles. The number of carbonyl (C=O) groups is 1. The molecule has 3 rings (SSSR count). The SMILES string of the molecule is CCc1ccc(Nc2c(C(=O)N3CCC3CNCCN)ccc(F)c2F)c(F)c1. The fourth-order valence-electron chi connectivity index (χ4n) is 3.31. The van der Waals surface area contributed by atoms with E-state index in [2.05, 4.69) is 10.6 Å². The number of rotatable bonds is 8. The van der Waals surface area contributed by atoms with Crippen molar-refractivity contribution in [2.45, 2.75) is 25.8 Å². The second-order valence-corrected chi connectivity index (χ2v) is 7.01. The van der Waals surface area contributed by atoms with Gasteiger partial charge in [-0.1, -0.05) is 13.0 Å². The van der Waals surface area contributed by atoms with Crippen LogP contribution in [0, 0.1) is 17.5 Å². The van der Waals surface area contributed by atoms with Crippen LogP contribution in [-0.4, -0.2) is 43.0 Å². The number of amides is 1. The first-order valence-electron chi connectivity index (χ1n) is 9.71. The van der Waals surface area contributed by atoms with Gasteiger partial charge in [-0.05, 0) is 42.7 Å². The second-order valence-electron chi connectivity index (χ2n) is 7.01. The van der Waals surface area contributed by atoms with Crippen molar-refractivity contribution in [3.05, 3.63) is 58.9 Å². The Kier molecular flexibility index (Phi) is 6.76. The zero-order valence-electron chi connectivity index (χ0n) is 16.3. The van der Waals surface area contributed by atoms with Crippen LogP contribution >= 0.6 is 0 Å². The molecule has 0 saturated carbocycles. The number of anilines is 2. The van der Waals surface area contributed by atoms with Crippen LogP contribution in [-0.2, 0) is 6.42 Å². The number of hydrogen-bond donors (Lipinski definition) is 3. The number of likely N-dealkylation sites (tertiary alicyclic amines) is 1. The molecule has 0 radical (unpaired) electrons. The van der Waals surface area contributed by atoms with Crippen LogP contribution in [0.15, 0.2) is 30.3 Å². The number of benzene rings is 2. The van der Waals surface area contributed by atoms with Gasteiger partial charge in [-0.25, -0.2) is 13.2 Å². The Labute approximate surface area is 168 Å². The summed E-state index contributed by atoms with van der Waals surface area (Å²) in [6.07, 6.45) is 1.45. The van der Waals surface area contributed by atoms with E-state index in [9.17, 15) is 18.0 Å². The van der Waals surface area contributed by atoms with Crippen molar-refractivity contribution in [2.24, 2.45) is 5.73 Å². The molecule has 1 saturated heterocycles. The van der Waals surface area contributed by atoms with Gasteiger partial charge in [0.15, 0.2) is 11.6 Å². The van der Waals surface area contributed by atoms with Gasteiger partial charge in [-0.3, -0.25) is 4.79 Å². The molecule has 156 valence electrons. The van der Waals surface area contributed by atoms with Crippen LogP contribution < -0.4 is 16.4 Å². The van der Waals surface area contributed by atoms with E-state index < -0.39 is 23.4 Å². The van der Waals surface area contributed by atoms with E-state index in [0.29, 0.717) is 32.6 Å². The maximum Gasteiger partial charge on any atom is 0.256 e. The highest BCUT2D eigenvalue weighted by molar-refractivity contribution is 6.01. The standard InChI is InChI=1S/C21H25F3N4O/c1-2-13-3-6-18(17(23)11-13)27-20-15(4-5-16(22)19(20)24)21(29)28-10-7-14(28)12-26-9-8-25/h3-6,11,14,26-27H,2,7-10,12,25H2,1H3. The van der Waals surface area contributed by atoms with Gasteiger partial charge in [0, 0.05) is 32.2 Å². The molecule has 0 aliphatic carbocycles. The molecule has 0 aromatic heterocycles. The van der Waals surface area contributed by atoms with Gasteiger partial charge in [0.25, 0.3) is 5.91 Å². The minimum absolute atomic E-state index is 0.0227. The molecule has 2 aromatic rings. The molecule has 8 heteroatoms. The number of carbonyl (C=O) groups excluding carboxylic acids is 1. The third kappa shape index (κ3) is 4.54. The summed E-state index contributed by atoms with van der Waals surface area (Å²) < 4.78 is 42.8. The molecule has 5 nitrogen and oxygen atoms in total. The Bertz CT molecular complexity index is 890. The summed E-state index contributed by atoms with van der Waals surface area (Å²) in [5.74, 6) is -3.35. The Morgan fingerprint density at radius 3 is 2.62 bits per heavy atom. The summed E-state index contributed by atoms with van der Waals surface area (Å²) in [7, 11) is 0. The van der Waals surface area contributed by atoms with Gasteiger partial charge in [-0.2, -0.15) is 0 Å². The van der Waals surface area contributed by atoms with Gasteiger partial charge >= 0.3 is 0 Å². The molecule has 1 unspecified atom stereocenters. The predicted molar refractivity (Wildman–Crippen MR) is 107 cm³/mol. The van der Waals surface area contributed by atoms with Crippen molar-refractivity contribution in [1.29, 1.82) is 0 Å². The first kappa shape index (κ1) is 21.1. The molecule has 1 amide bonds. The average molecular weight is 406 g/mol. The molecule has 0 spiro atoms. The van der Waals surface area contributed by atoms with Crippen LogP contribution in [0.5, 0.6) is 0 Å². The molecule has 1 atom stereocenters. The lowest BCUT2D eigenvalue weighted by Gasteiger charge is -2.41. The zero-order chi connectivity index (χ0) is 21.0. The van der Waals surface area contributed by atoms with Gasteiger partial charge in [0.2, 0.25) is 0 Å². The molecule has 1 heterocycles. The average Bonchev–Trinajstić information content (AvgIpc) is 2.69. The van der Waals surface area contributed by atoms with Crippen molar-refractivity contribution >= 4 is 17.3 Å². The van der Waals surface area contributed by atoms with Crippen LogP contribution in [0.25, 0.3) is 0 Å². The van der Waals surface area contributed by atoms with E-state index in [0.717, 1.165) is 18.1 Å². The van der Waals surface area contributed by atoms with Crippen molar-refractivity contribution in [3.8, 4) is 0 Å². The van der Waals surface area contributed by atoms with Gasteiger partial charge in [0.1, 0.15) is 5.82 Å². The fraction of sp³-hybridized carbons (Fsp3) is 0.381. The maximum atomic E-state index is 14.6. The zero-order valence-corrected chi connectivity index (χ0v) is 16.3. The lowest BCUT2D eigenvalue weighted by Crippen LogP contribution is -2.55. The molecule has 2 aromatic carbocycles. The normalized spacial score (nSPS) is 15.9. The third-order valence-electron chi connectivity index (χ3n) is 5.13. The largest absolute Gasteiger partial charge is 0.350 e. The highest BCUT2D eigenvalue weighted by atomic mass is 19.2. The van der Waals surface area contributed by atoms with Crippen LogP contribution in [0.1, 0.15) is 29.3 Å². The van der Waals surface area contributed by atoms with E-state index in [-0.39, 0.29) is 23.0 Å². The number of hydrogen-bond acceptors (Lipinski definition) is 4. The van der Waals surface area contributed by atoms with Crippen molar-refractivity contribution < 1.29 is 18.0 Å². The minimum atomic E-state index is -1.21. The van der Waals surface area contributed by atoms with Gasteiger partial charge in [-0.15, -0.1) is 0 Å². The number of nitrogens with zero attached hydrogens (tertiary/aromatic N) is 1. The summed E-state index contributed by atoms with van der Waals surface area (Å²) in [5, 5.41) is 5.73. The summed E-state index contributed by atoms with van der Waals surface area (Å²) >= 11 is 0. The molecule has 0 bridgehead atoms. The van der Waals surface area contributed by atoms with E-state index in [4.69, 9.17) is 5.73 Å². The number of aryl methyl sites for hydroxylation is 1. The van der Waals surface area contributed by atoms with E-state index in [1.165, 1.54) is 18.2 Å². The quantitative estimate of drug-likeness (QED) is 0.589. The van der Waals surface area contributed by atoms with Crippen LogP contribution in [0.4, 0.5) is 24.5 Å². The number of nitrogens with one attached hydrogen (secondary N) is 2. The lowest BCUT2D eigenvalue weighted by molar-refractivity contribution is 0.0465. The fourth-order valence-corrected chi connectivity index (χ4v) is 3.31. The Balaban J connectivity index is 1.87. The van der Waals surface area contributed by atoms with Crippen molar-refractivity contribution in [1.82, 2.24) is 10.2 Å². The summed E-state index contributed by atoms with van der Waals surface area (Å²) in [5.41, 5.74) is 5.81. The summed E-state index contributed by atoms with van der Waals surface area (Å²) in [6.45, 7) is 4.09. The maximum absolute atomic E-state index is 14.6. The summed E-state index contributed by atoms with van der Waals surface area (Å²) in [6, 6.07) is 6.57.